The zero-order valence-corrected chi connectivity index (χ0v) is 17.6. The molecule has 1 aromatic carbocycles. The van der Waals surface area contributed by atoms with E-state index in [1.54, 1.807) is 7.11 Å². The van der Waals surface area contributed by atoms with Crippen LogP contribution in [0.5, 0.6) is 5.75 Å². The van der Waals surface area contributed by atoms with Crippen molar-refractivity contribution >= 4 is 5.96 Å². The van der Waals surface area contributed by atoms with Gasteiger partial charge in [0.25, 0.3) is 0 Å². The van der Waals surface area contributed by atoms with Crippen molar-refractivity contribution in [2.24, 2.45) is 10.9 Å². The molecule has 1 fully saturated rings. The van der Waals surface area contributed by atoms with E-state index in [1.165, 1.54) is 12.0 Å². The lowest BCUT2D eigenvalue weighted by Crippen LogP contribution is -2.51. The molecule has 1 atom stereocenters. The molecule has 0 aliphatic carbocycles. The van der Waals surface area contributed by atoms with Gasteiger partial charge in [-0.25, -0.2) is 0 Å². The molecule has 0 saturated carbocycles. The monoisotopic (exact) mass is 376 g/mol. The molecule has 0 spiro atoms. The van der Waals surface area contributed by atoms with Crippen LogP contribution in [0.3, 0.4) is 0 Å². The van der Waals surface area contributed by atoms with Crippen LogP contribution in [0.15, 0.2) is 29.3 Å². The number of guanidine groups is 1. The van der Waals surface area contributed by atoms with E-state index in [-0.39, 0.29) is 0 Å². The number of morpholine rings is 1. The van der Waals surface area contributed by atoms with Gasteiger partial charge in [0.2, 0.25) is 0 Å². The molecule has 1 unspecified atom stereocenters. The predicted octanol–water partition coefficient (Wildman–Crippen LogP) is 2.45. The lowest BCUT2D eigenvalue weighted by Gasteiger charge is -2.36. The third-order valence-electron chi connectivity index (χ3n) is 4.95. The molecule has 0 bridgehead atoms. The van der Waals surface area contributed by atoms with Crippen molar-refractivity contribution in [3.05, 3.63) is 29.8 Å². The van der Waals surface area contributed by atoms with Crippen LogP contribution in [0.4, 0.5) is 0 Å². The Balaban J connectivity index is 1.92. The Hall–Kier alpha value is -1.79. The van der Waals surface area contributed by atoms with Gasteiger partial charge in [-0.2, -0.15) is 0 Å². The van der Waals surface area contributed by atoms with Crippen LogP contribution in [-0.2, 0) is 11.3 Å². The second kappa shape index (κ2) is 11.1. The highest BCUT2D eigenvalue weighted by molar-refractivity contribution is 5.79. The molecule has 0 amide bonds. The zero-order chi connectivity index (χ0) is 19.6. The quantitative estimate of drug-likeness (QED) is 0.558. The van der Waals surface area contributed by atoms with Crippen molar-refractivity contribution in [2.75, 3.05) is 54.1 Å². The Kier molecular flexibility index (Phi) is 8.88. The second-order valence-corrected chi connectivity index (χ2v) is 7.56. The second-order valence-electron chi connectivity index (χ2n) is 7.56. The summed E-state index contributed by atoms with van der Waals surface area (Å²) in [6.07, 6.45) is 1.17. The first kappa shape index (κ1) is 21.5. The van der Waals surface area contributed by atoms with Gasteiger partial charge >= 0.3 is 0 Å². The topological polar surface area (TPSA) is 49.3 Å². The summed E-state index contributed by atoms with van der Waals surface area (Å²) in [6.45, 7) is 9.98. The van der Waals surface area contributed by atoms with E-state index in [0.717, 1.165) is 51.1 Å². The van der Waals surface area contributed by atoms with Gasteiger partial charge in [-0.05, 0) is 30.0 Å². The molecule has 1 aromatic rings. The summed E-state index contributed by atoms with van der Waals surface area (Å²) in [6, 6.07) is 8.68. The van der Waals surface area contributed by atoms with Crippen molar-refractivity contribution in [1.29, 1.82) is 0 Å². The standard InChI is InChI=1S/C21H36N4O2/c1-17(2)14-19(25-10-12-27-13-11-25)15-23-21(22-3)24(4)16-18-6-8-20(26-5)9-7-18/h6-9,17,19H,10-16H2,1-5H3,(H,22,23). The van der Waals surface area contributed by atoms with Gasteiger partial charge in [0, 0.05) is 46.3 Å². The lowest BCUT2D eigenvalue weighted by atomic mass is 10.0. The molecule has 1 saturated heterocycles. The molecule has 1 N–H and O–H groups in total. The maximum atomic E-state index is 5.52. The Morgan fingerprint density at radius 2 is 1.93 bits per heavy atom. The van der Waals surface area contributed by atoms with Crippen LogP contribution in [0.1, 0.15) is 25.8 Å². The predicted molar refractivity (Wildman–Crippen MR) is 111 cm³/mol. The van der Waals surface area contributed by atoms with Crippen molar-refractivity contribution in [1.82, 2.24) is 15.1 Å². The normalized spacial score (nSPS) is 17.0. The Morgan fingerprint density at radius 3 is 2.48 bits per heavy atom. The molecule has 6 heteroatoms. The van der Waals surface area contributed by atoms with E-state index in [2.05, 4.69) is 53.1 Å². The number of hydrogen-bond acceptors (Lipinski definition) is 4. The largest absolute Gasteiger partial charge is 0.497 e. The fourth-order valence-electron chi connectivity index (χ4n) is 3.52. The molecule has 152 valence electrons. The molecule has 2 rings (SSSR count). The molecule has 0 radical (unpaired) electrons. The fraction of sp³-hybridized carbons (Fsp3) is 0.667. The van der Waals surface area contributed by atoms with Crippen LogP contribution in [0, 0.1) is 5.92 Å². The summed E-state index contributed by atoms with van der Waals surface area (Å²) in [5, 5.41) is 3.58. The third-order valence-corrected chi connectivity index (χ3v) is 4.95. The van der Waals surface area contributed by atoms with Gasteiger partial charge < -0.3 is 19.7 Å². The SMILES string of the molecule is CN=C(NCC(CC(C)C)N1CCOCC1)N(C)Cc1ccc(OC)cc1. The van der Waals surface area contributed by atoms with Crippen LogP contribution in [0.25, 0.3) is 0 Å². The maximum Gasteiger partial charge on any atom is 0.193 e. The number of hydrogen-bond donors (Lipinski definition) is 1. The summed E-state index contributed by atoms with van der Waals surface area (Å²) in [5.41, 5.74) is 1.23. The van der Waals surface area contributed by atoms with Crippen molar-refractivity contribution in [2.45, 2.75) is 32.9 Å². The van der Waals surface area contributed by atoms with Crippen LogP contribution < -0.4 is 10.1 Å². The summed E-state index contributed by atoms with van der Waals surface area (Å²) in [7, 11) is 5.61. The maximum absolute atomic E-state index is 5.52. The molecule has 1 heterocycles. The minimum Gasteiger partial charge on any atom is -0.497 e. The average molecular weight is 377 g/mol. The molecule has 6 nitrogen and oxygen atoms in total. The minimum absolute atomic E-state index is 0.500. The molecule has 1 aliphatic rings. The van der Waals surface area contributed by atoms with E-state index < -0.39 is 0 Å². The molecule has 0 aromatic heterocycles. The van der Waals surface area contributed by atoms with Gasteiger partial charge in [0.1, 0.15) is 5.75 Å². The highest BCUT2D eigenvalue weighted by atomic mass is 16.5. The Morgan fingerprint density at radius 1 is 1.26 bits per heavy atom. The van der Waals surface area contributed by atoms with Crippen LogP contribution >= 0.6 is 0 Å². The first-order chi connectivity index (χ1) is 13.0. The molecule has 27 heavy (non-hydrogen) atoms. The number of methoxy groups -OCH3 is 1. The number of ether oxygens (including phenoxy) is 2. The van der Waals surface area contributed by atoms with Gasteiger partial charge in [-0.1, -0.05) is 26.0 Å². The van der Waals surface area contributed by atoms with E-state index in [4.69, 9.17) is 9.47 Å². The molecular weight excluding hydrogens is 340 g/mol. The van der Waals surface area contributed by atoms with E-state index >= 15 is 0 Å². The van der Waals surface area contributed by atoms with Crippen molar-refractivity contribution < 1.29 is 9.47 Å². The summed E-state index contributed by atoms with van der Waals surface area (Å²) >= 11 is 0. The third kappa shape index (κ3) is 7.03. The smallest absolute Gasteiger partial charge is 0.193 e. The number of benzene rings is 1. The van der Waals surface area contributed by atoms with Gasteiger partial charge in [-0.3, -0.25) is 9.89 Å². The Bertz CT molecular complexity index is 568. The Labute approximate surface area is 164 Å². The van der Waals surface area contributed by atoms with Gasteiger partial charge in [0.05, 0.1) is 20.3 Å². The summed E-state index contributed by atoms with van der Waals surface area (Å²) in [5.74, 6) is 2.47. The van der Waals surface area contributed by atoms with Crippen LogP contribution in [-0.4, -0.2) is 75.9 Å². The van der Waals surface area contributed by atoms with E-state index in [1.807, 2.05) is 19.2 Å². The summed E-state index contributed by atoms with van der Waals surface area (Å²) in [4.78, 5) is 9.19. The van der Waals surface area contributed by atoms with Crippen molar-refractivity contribution in [3.8, 4) is 5.75 Å². The first-order valence-electron chi connectivity index (χ1n) is 9.90. The average Bonchev–Trinajstić information content (AvgIpc) is 2.68. The van der Waals surface area contributed by atoms with Gasteiger partial charge in [0.15, 0.2) is 5.96 Å². The summed E-state index contributed by atoms with van der Waals surface area (Å²) < 4.78 is 10.8. The number of aliphatic imine (C=N–C) groups is 1. The number of nitrogens with zero attached hydrogens (tertiary/aromatic N) is 3. The highest BCUT2D eigenvalue weighted by Crippen LogP contribution is 2.14. The molecule has 1 aliphatic heterocycles. The number of rotatable bonds is 8. The minimum atomic E-state index is 0.500. The van der Waals surface area contributed by atoms with Crippen molar-refractivity contribution in [3.63, 3.8) is 0 Å². The molecular formula is C21H36N4O2. The van der Waals surface area contributed by atoms with Gasteiger partial charge in [-0.15, -0.1) is 0 Å². The van der Waals surface area contributed by atoms with E-state index in [0.29, 0.717) is 12.0 Å². The zero-order valence-electron chi connectivity index (χ0n) is 17.6. The van der Waals surface area contributed by atoms with E-state index in [9.17, 15) is 0 Å². The number of nitrogens with one attached hydrogen (secondary N) is 1. The fourth-order valence-corrected chi connectivity index (χ4v) is 3.52. The first-order valence-corrected chi connectivity index (χ1v) is 9.90. The lowest BCUT2D eigenvalue weighted by molar-refractivity contribution is 0.0131. The highest BCUT2D eigenvalue weighted by Gasteiger charge is 2.22. The van der Waals surface area contributed by atoms with Crippen LogP contribution in [0.2, 0.25) is 0 Å².